The molecule has 0 amide bonds. The Morgan fingerprint density at radius 3 is 2.60 bits per heavy atom. The van der Waals surface area contributed by atoms with Gasteiger partial charge in [-0.05, 0) is 27.3 Å². The van der Waals surface area contributed by atoms with Gasteiger partial charge in [0.15, 0.2) is 6.39 Å². The summed E-state index contributed by atoms with van der Waals surface area (Å²) >= 11 is 0. The highest BCUT2D eigenvalue weighted by Gasteiger charge is 2.18. The summed E-state index contributed by atoms with van der Waals surface area (Å²) in [5, 5.41) is 9.73. The highest BCUT2D eigenvalue weighted by molar-refractivity contribution is 5.04. The van der Waals surface area contributed by atoms with Crippen molar-refractivity contribution in [1.29, 1.82) is 0 Å². The number of hydrogen-bond donors (Lipinski definition) is 1. The van der Waals surface area contributed by atoms with Crippen LogP contribution in [0.15, 0.2) is 10.8 Å². The molecule has 0 saturated heterocycles. The normalized spacial score (nSPS) is 12.4. The third-order valence-electron chi connectivity index (χ3n) is 2.27. The van der Waals surface area contributed by atoms with Gasteiger partial charge in [-0.25, -0.2) is 4.98 Å². The average Bonchev–Trinajstić information content (AvgIpc) is 2.48. The van der Waals surface area contributed by atoms with E-state index in [4.69, 9.17) is 4.42 Å². The standard InChI is InChI=1S/C11H20N2O2/c1-5-13(7-11(3,4)14)6-10-9(2)12-8-15-10/h8,14H,5-7H2,1-4H3. The molecule has 1 heterocycles. The minimum absolute atomic E-state index is 0.629. The van der Waals surface area contributed by atoms with Gasteiger partial charge < -0.3 is 9.52 Å². The number of aromatic nitrogens is 1. The SMILES string of the molecule is CCN(Cc1ocnc1C)CC(C)(C)O. The molecule has 0 aromatic carbocycles. The van der Waals surface area contributed by atoms with Crippen molar-refractivity contribution in [1.82, 2.24) is 9.88 Å². The Bertz CT molecular complexity index is 302. The number of oxazole rings is 1. The molecule has 0 unspecified atom stereocenters. The Kier molecular flexibility index (Phi) is 3.88. The molecular formula is C11H20N2O2. The third-order valence-corrected chi connectivity index (χ3v) is 2.27. The Labute approximate surface area is 90.9 Å². The number of aryl methyl sites for hydroxylation is 1. The monoisotopic (exact) mass is 212 g/mol. The fourth-order valence-corrected chi connectivity index (χ4v) is 1.51. The second-order valence-corrected chi connectivity index (χ2v) is 4.48. The van der Waals surface area contributed by atoms with E-state index in [1.807, 2.05) is 20.8 Å². The summed E-state index contributed by atoms with van der Waals surface area (Å²) in [6, 6.07) is 0. The fourth-order valence-electron chi connectivity index (χ4n) is 1.51. The molecule has 0 aliphatic carbocycles. The zero-order chi connectivity index (χ0) is 11.5. The molecule has 1 aromatic rings. The van der Waals surface area contributed by atoms with Gasteiger partial charge in [0.1, 0.15) is 5.76 Å². The summed E-state index contributed by atoms with van der Waals surface area (Å²) in [6.45, 7) is 9.82. The predicted molar refractivity (Wildman–Crippen MR) is 58.5 cm³/mol. The largest absolute Gasteiger partial charge is 0.447 e. The van der Waals surface area contributed by atoms with Gasteiger partial charge in [0.2, 0.25) is 0 Å². The lowest BCUT2D eigenvalue weighted by Crippen LogP contribution is -2.38. The lowest BCUT2D eigenvalue weighted by atomic mass is 10.1. The van der Waals surface area contributed by atoms with Crippen LogP contribution in [-0.4, -0.2) is 33.7 Å². The molecule has 0 aliphatic rings. The minimum Gasteiger partial charge on any atom is -0.447 e. The first kappa shape index (κ1) is 12.2. The van der Waals surface area contributed by atoms with Crippen molar-refractivity contribution in [2.45, 2.75) is 39.8 Å². The number of hydrogen-bond acceptors (Lipinski definition) is 4. The lowest BCUT2D eigenvalue weighted by Gasteiger charge is -2.27. The zero-order valence-electron chi connectivity index (χ0n) is 9.95. The molecule has 1 rings (SSSR count). The Balaban J connectivity index is 2.58. The Morgan fingerprint density at radius 1 is 1.53 bits per heavy atom. The van der Waals surface area contributed by atoms with Crippen molar-refractivity contribution in [3.8, 4) is 0 Å². The van der Waals surface area contributed by atoms with E-state index in [2.05, 4.69) is 16.8 Å². The molecule has 0 aliphatic heterocycles. The molecule has 1 aromatic heterocycles. The van der Waals surface area contributed by atoms with Gasteiger partial charge in [0.25, 0.3) is 0 Å². The van der Waals surface area contributed by atoms with E-state index < -0.39 is 5.60 Å². The highest BCUT2D eigenvalue weighted by atomic mass is 16.3. The summed E-state index contributed by atoms with van der Waals surface area (Å²) in [5.41, 5.74) is 0.244. The van der Waals surface area contributed by atoms with E-state index in [1.54, 1.807) is 0 Å². The molecule has 0 fully saturated rings. The zero-order valence-corrected chi connectivity index (χ0v) is 9.95. The van der Waals surface area contributed by atoms with Crippen LogP contribution in [0.5, 0.6) is 0 Å². The van der Waals surface area contributed by atoms with Gasteiger partial charge in [-0.3, -0.25) is 4.90 Å². The molecule has 15 heavy (non-hydrogen) atoms. The van der Waals surface area contributed by atoms with Crippen LogP contribution in [0.2, 0.25) is 0 Å². The van der Waals surface area contributed by atoms with Crippen molar-refractivity contribution < 1.29 is 9.52 Å². The summed E-state index contributed by atoms with van der Waals surface area (Å²) < 4.78 is 5.28. The fraction of sp³-hybridized carbons (Fsp3) is 0.727. The number of rotatable bonds is 5. The summed E-state index contributed by atoms with van der Waals surface area (Å²) in [5.74, 6) is 0.876. The quantitative estimate of drug-likeness (QED) is 0.805. The maximum Gasteiger partial charge on any atom is 0.181 e. The number of nitrogens with zero attached hydrogens (tertiary/aromatic N) is 2. The van der Waals surface area contributed by atoms with Crippen molar-refractivity contribution in [2.24, 2.45) is 0 Å². The van der Waals surface area contributed by atoms with Crippen molar-refractivity contribution in [3.05, 3.63) is 17.8 Å². The van der Waals surface area contributed by atoms with Crippen LogP contribution in [0.25, 0.3) is 0 Å². The first-order valence-corrected chi connectivity index (χ1v) is 5.26. The molecule has 4 nitrogen and oxygen atoms in total. The summed E-state index contributed by atoms with van der Waals surface area (Å²) in [7, 11) is 0. The van der Waals surface area contributed by atoms with Crippen LogP contribution >= 0.6 is 0 Å². The van der Waals surface area contributed by atoms with Crippen LogP contribution in [-0.2, 0) is 6.54 Å². The first-order chi connectivity index (χ1) is 6.92. The topological polar surface area (TPSA) is 49.5 Å². The van der Waals surface area contributed by atoms with Gasteiger partial charge in [0.05, 0.1) is 17.8 Å². The van der Waals surface area contributed by atoms with Crippen molar-refractivity contribution in [3.63, 3.8) is 0 Å². The minimum atomic E-state index is -0.677. The highest BCUT2D eigenvalue weighted by Crippen LogP contribution is 2.12. The molecule has 0 spiro atoms. The van der Waals surface area contributed by atoms with Crippen LogP contribution < -0.4 is 0 Å². The average molecular weight is 212 g/mol. The molecule has 1 N–H and O–H groups in total. The van der Waals surface area contributed by atoms with E-state index in [9.17, 15) is 5.11 Å². The molecule has 0 saturated carbocycles. The number of aliphatic hydroxyl groups is 1. The molecule has 0 bridgehead atoms. The molecule has 0 atom stereocenters. The molecule has 4 heteroatoms. The Hall–Kier alpha value is -0.870. The van der Waals surface area contributed by atoms with Crippen LogP contribution in [0.3, 0.4) is 0 Å². The maximum atomic E-state index is 9.73. The van der Waals surface area contributed by atoms with E-state index >= 15 is 0 Å². The molecular weight excluding hydrogens is 192 g/mol. The van der Waals surface area contributed by atoms with Crippen molar-refractivity contribution in [2.75, 3.05) is 13.1 Å². The van der Waals surface area contributed by atoms with Gasteiger partial charge in [0, 0.05) is 6.54 Å². The molecule has 0 radical (unpaired) electrons. The van der Waals surface area contributed by atoms with Gasteiger partial charge in [-0.2, -0.15) is 0 Å². The van der Waals surface area contributed by atoms with Crippen LogP contribution in [0, 0.1) is 6.92 Å². The molecule has 86 valence electrons. The second kappa shape index (κ2) is 4.77. The second-order valence-electron chi connectivity index (χ2n) is 4.48. The maximum absolute atomic E-state index is 9.73. The Morgan fingerprint density at radius 2 is 2.20 bits per heavy atom. The van der Waals surface area contributed by atoms with E-state index in [1.165, 1.54) is 6.39 Å². The van der Waals surface area contributed by atoms with E-state index in [0.29, 0.717) is 13.1 Å². The lowest BCUT2D eigenvalue weighted by molar-refractivity contribution is 0.0333. The number of likely N-dealkylation sites (N-methyl/N-ethyl adjacent to an activating group) is 1. The summed E-state index contributed by atoms with van der Waals surface area (Å²) in [6.07, 6.45) is 1.46. The summed E-state index contributed by atoms with van der Waals surface area (Å²) in [4.78, 5) is 6.18. The van der Waals surface area contributed by atoms with E-state index in [0.717, 1.165) is 18.0 Å². The van der Waals surface area contributed by atoms with Gasteiger partial charge in [-0.1, -0.05) is 6.92 Å². The smallest absolute Gasteiger partial charge is 0.181 e. The van der Waals surface area contributed by atoms with Crippen molar-refractivity contribution >= 4 is 0 Å². The van der Waals surface area contributed by atoms with Crippen LogP contribution in [0.1, 0.15) is 32.2 Å². The van der Waals surface area contributed by atoms with Crippen LogP contribution in [0.4, 0.5) is 0 Å². The predicted octanol–water partition coefficient (Wildman–Crippen LogP) is 1.58. The third kappa shape index (κ3) is 4.01. The van der Waals surface area contributed by atoms with E-state index in [-0.39, 0.29) is 0 Å². The first-order valence-electron chi connectivity index (χ1n) is 5.26. The van der Waals surface area contributed by atoms with Gasteiger partial charge >= 0.3 is 0 Å². The van der Waals surface area contributed by atoms with Gasteiger partial charge in [-0.15, -0.1) is 0 Å².